The second kappa shape index (κ2) is 5.45. The molecule has 0 bridgehead atoms. The number of carbonyl (C=O) groups excluding carboxylic acids is 2. The number of benzene rings is 3. The maximum Gasteiger partial charge on any atom is 0.276 e. The third-order valence-electron chi connectivity index (χ3n) is 5.20. The van der Waals surface area contributed by atoms with Gasteiger partial charge in [-0.1, -0.05) is 48.0 Å². The second-order valence-corrected chi connectivity index (χ2v) is 6.86. The Bertz CT molecular complexity index is 1090. The van der Waals surface area contributed by atoms with Gasteiger partial charge in [0.25, 0.3) is 11.8 Å². The summed E-state index contributed by atoms with van der Waals surface area (Å²) in [4.78, 5) is 28.3. The van der Waals surface area contributed by atoms with Gasteiger partial charge < -0.3 is 10.6 Å². The van der Waals surface area contributed by atoms with Crippen molar-refractivity contribution in [2.45, 2.75) is 12.6 Å². The molecule has 0 saturated heterocycles. The van der Waals surface area contributed by atoms with Gasteiger partial charge in [-0.2, -0.15) is 0 Å². The summed E-state index contributed by atoms with van der Waals surface area (Å²) in [6.07, 6.45) is 0. The first-order valence-corrected chi connectivity index (χ1v) is 8.81. The average molecular weight is 355 g/mol. The number of aryl methyl sites for hydroxylation is 1. The minimum atomic E-state index is -1.32. The van der Waals surface area contributed by atoms with Crippen molar-refractivity contribution in [3.63, 3.8) is 0 Å². The first kappa shape index (κ1) is 15.6. The highest BCUT2D eigenvalue weighted by atomic mass is 16.2. The van der Waals surface area contributed by atoms with Gasteiger partial charge in [0.1, 0.15) is 0 Å². The Morgan fingerprint density at radius 1 is 0.815 bits per heavy atom. The summed E-state index contributed by atoms with van der Waals surface area (Å²) in [5, 5.41) is 6.29. The molecule has 2 N–H and O–H groups in total. The van der Waals surface area contributed by atoms with E-state index in [0.717, 1.165) is 11.1 Å². The van der Waals surface area contributed by atoms with Gasteiger partial charge in [0.15, 0.2) is 0 Å². The van der Waals surface area contributed by atoms with Crippen LogP contribution < -0.4 is 15.5 Å². The van der Waals surface area contributed by atoms with E-state index in [1.807, 2.05) is 73.7 Å². The highest BCUT2D eigenvalue weighted by Crippen LogP contribution is 2.47. The zero-order valence-corrected chi connectivity index (χ0v) is 14.7. The smallest absolute Gasteiger partial charge is 0.276 e. The highest BCUT2D eigenvalue weighted by Gasteiger charge is 2.56. The van der Waals surface area contributed by atoms with Crippen LogP contribution in [0.2, 0.25) is 0 Å². The van der Waals surface area contributed by atoms with Crippen molar-refractivity contribution >= 4 is 28.9 Å². The molecule has 3 aromatic rings. The highest BCUT2D eigenvalue weighted by molar-refractivity contribution is 6.21. The molecule has 132 valence electrons. The van der Waals surface area contributed by atoms with Crippen molar-refractivity contribution < 1.29 is 9.59 Å². The van der Waals surface area contributed by atoms with Crippen LogP contribution in [0, 0.1) is 6.92 Å². The minimum absolute atomic E-state index is 0.208. The number of anilines is 3. The molecule has 0 unspecified atom stereocenters. The van der Waals surface area contributed by atoms with E-state index < -0.39 is 5.66 Å². The largest absolute Gasteiger partial charge is 0.350 e. The third-order valence-corrected chi connectivity index (χ3v) is 5.20. The second-order valence-electron chi connectivity index (χ2n) is 6.86. The first-order valence-electron chi connectivity index (χ1n) is 8.81. The normalized spacial score (nSPS) is 20.1. The number of hydrogen-bond acceptors (Lipinski definition) is 3. The summed E-state index contributed by atoms with van der Waals surface area (Å²) in [6, 6.07) is 22.4. The molecule has 3 aromatic carbocycles. The lowest BCUT2D eigenvalue weighted by atomic mass is 9.92. The fraction of sp³-hybridized carbons (Fsp3) is 0.0909. The van der Waals surface area contributed by atoms with Gasteiger partial charge in [-0.05, 0) is 37.3 Å². The predicted molar refractivity (Wildman–Crippen MR) is 105 cm³/mol. The third kappa shape index (κ3) is 2.05. The molecule has 1 atom stereocenters. The van der Waals surface area contributed by atoms with Gasteiger partial charge in [-0.3, -0.25) is 14.5 Å². The molecule has 5 heteroatoms. The van der Waals surface area contributed by atoms with Gasteiger partial charge in [0.2, 0.25) is 5.66 Å². The molecule has 0 aromatic heterocycles. The van der Waals surface area contributed by atoms with Crippen LogP contribution in [0.5, 0.6) is 0 Å². The van der Waals surface area contributed by atoms with Crippen molar-refractivity contribution in [2.75, 3.05) is 15.5 Å². The van der Waals surface area contributed by atoms with Crippen LogP contribution in [0.1, 0.15) is 21.5 Å². The lowest BCUT2D eigenvalue weighted by Gasteiger charge is -2.44. The van der Waals surface area contributed by atoms with Gasteiger partial charge >= 0.3 is 0 Å². The van der Waals surface area contributed by atoms with Crippen LogP contribution in [0.15, 0.2) is 72.8 Å². The molecule has 2 heterocycles. The molecule has 2 amide bonds. The summed E-state index contributed by atoms with van der Waals surface area (Å²) in [5.74, 6) is -0.479. The zero-order chi connectivity index (χ0) is 18.6. The van der Waals surface area contributed by atoms with E-state index >= 15 is 0 Å². The standard InChI is InChI=1S/C22H17N3O2/c1-14-10-12-15(13-11-14)25-20(26)16-6-2-4-8-18(16)24-22(25)17-7-3-5-9-19(17)23-21(22)27/h2-13,24H,1H3,(H,23,27)/t22-/m0/s1. The number of rotatable bonds is 1. The van der Waals surface area contributed by atoms with E-state index in [-0.39, 0.29) is 11.8 Å². The van der Waals surface area contributed by atoms with Gasteiger partial charge in [0, 0.05) is 22.6 Å². The molecule has 5 rings (SSSR count). The number of nitrogens with zero attached hydrogens (tertiary/aromatic N) is 1. The van der Waals surface area contributed by atoms with Crippen LogP contribution >= 0.6 is 0 Å². The van der Waals surface area contributed by atoms with Gasteiger partial charge in [-0.25, -0.2) is 0 Å². The fourth-order valence-electron chi connectivity index (χ4n) is 3.90. The fourth-order valence-corrected chi connectivity index (χ4v) is 3.90. The van der Waals surface area contributed by atoms with Crippen LogP contribution in [-0.4, -0.2) is 11.8 Å². The molecule has 5 nitrogen and oxygen atoms in total. The van der Waals surface area contributed by atoms with E-state index in [4.69, 9.17) is 0 Å². The first-order chi connectivity index (χ1) is 13.1. The molecule has 27 heavy (non-hydrogen) atoms. The van der Waals surface area contributed by atoms with Crippen molar-refractivity contribution in [1.29, 1.82) is 0 Å². The Morgan fingerprint density at radius 2 is 1.48 bits per heavy atom. The minimum Gasteiger partial charge on any atom is -0.350 e. The lowest BCUT2D eigenvalue weighted by Crippen LogP contribution is -2.61. The molecule has 0 saturated carbocycles. The number of hydrogen-bond donors (Lipinski definition) is 2. The summed E-state index contributed by atoms with van der Waals surface area (Å²) in [5.41, 5.74) is 3.06. The van der Waals surface area contributed by atoms with Crippen LogP contribution in [-0.2, 0) is 10.5 Å². The molecular weight excluding hydrogens is 338 g/mol. The van der Waals surface area contributed by atoms with E-state index in [0.29, 0.717) is 22.6 Å². The quantitative estimate of drug-likeness (QED) is 0.696. The maximum absolute atomic E-state index is 13.5. The molecule has 0 radical (unpaired) electrons. The van der Waals surface area contributed by atoms with E-state index in [2.05, 4.69) is 10.6 Å². The molecule has 1 spiro atoms. The van der Waals surface area contributed by atoms with Crippen molar-refractivity contribution in [2.24, 2.45) is 0 Å². The Balaban J connectivity index is 1.81. The number of para-hydroxylation sites is 2. The number of nitrogens with one attached hydrogen (secondary N) is 2. The summed E-state index contributed by atoms with van der Waals surface area (Å²) >= 11 is 0. The maximum atomic E-state index is 13.5. The van der Waals surface area contributed by atoms with Crippen molar-refractivity contribution in [3.8, 4) is 0 Å². The zero-order valence-electron chi connectivity index (χ0n) is 14.7. The molecule has 0 fully saturated rings. The number of carbonyl (C=O) groups is 2. The summed E-state index contributed by atoms with van der Waals surface area (Å²) < 4.78 is 0. The summed E-state index contributed by atoms with van der Waals surface area (Å²) in [6.45, 7) is 1.99. The summed E-state index contributed by atoms with van der Waals surface area (Å²) in [7, 11) is 0. The number of amides is 2. The van der Waals surface area contributed by atoms with E-state index in [1.54, 1.807) is 11.0 Å². The SMILES string of the molecule is Cc1ccc(N2C(=O)c3ccccc3N[C@]23C(=O)Nc2ccccc23)cc1. The topological polar surface area (TPSA) is 61.4 Å². The molecule has 2 aliphatic rings. The van der Waals surface area contributed by atoms with Gasteiger partial charge in [0.05, 0.1) is 5.56 Å². The molecule has 0 aliphatic carbocycles. The predicted octanol–water partition coefficient (Wildman–Crippen LogP) is 3.87. The van der Waals surface area contributed by atoms with Gasteiger partial charge in [-0.15, -0.1) is 0 Å². The van der Waals surface area contributed by atoms with Crippen molar-refractivity contribution in [3.05, 3.63) is 89.5 Å². The number of fused-ring (bicyclic) bond motifs is 3. The Labute approximate surface area is 156 Å². The Morgan fingerprint density at radius 3 is 2.26 bits per heavy atom. The van der Waals surface area contributed by atoms with E-state index in [1.165, 1.54) is 0 Å². The van der Waals surface area contributed by atoms with Crippen LogP contribution in [0.3, 0.4) is 0 Å². The van der Waals surface area contributed by atoms with E-state index in [9.17, 15) is 9.59 Å². The molecular formula is C22H17N3O2. The monoisotopic (exact) mass is 355 g/mol. The lowest BCUT2D eigenvalue weighted by molar-refractivity contribution is -0.119. The van der Waals surface area contributed by atoms with Crippen LogP contribution in [0.4, 0.5) is 17.1 Å². The Kier molecular flexibility index (Phi) is 3.15. The van der Waals surface area contributed by atoms with Crippen LogP contribution in [0.25, 0.3) is 0 Å². The Hall–Kier alpha value is -3.60. The molecule has 2 aliphatic heterocycles. The average Bonchev–Trinajstić information content (AvgIpc) is 2.95. The van der Waals surface area contributed by atoms with Crippen molar-refractivity contribution in [1.82, 2.24) is 0 Å².